The van der Waals surface area contributed by atoms with Gasteiger partial charge in [0.15, 0.2) is 0 Å². The molecule has 0 radical (unpaired) electrons. The smallest absolute Gasteiger partial charge is 0.339 e. The van der Waals surface area contributed by atoms with Crippen LogP contribution in [0, 0.1) is 6.92 Å². The number of carboxylic acid groups (broad SMARTS) is 1. The number of carbonyl (C=O) groups is 2. The van der Waals surface area contributed by atoms with E-state index in [1.165, 1.54) is 12.3 Å². The van der Waals surface area contributed by atoms with Crippen molar-refractivity contribution < 1.29 is 14.7 Å². The van der Waals surface area contributed by atoms with E-state index in [1.807, 2.05) is 37.8 Å². The van der Waals surface area contributed by atoms with E-state index in [9.17, 15) is 14.7 Å². The van der Waals surface area contributed by atoms with Crippen molar-refractivity contribution in [2.24, 2.45) is 0 Å². The van der Waals surface area contributed by atoms with E-state index in [4.69, 9.17) is 0 Å². The Balaban J connectivity index is 2.29. The highest BCUT2D eigenvalue weighted by Gasteiger charge is 2.18. The molecule has 1 heterocycles. The fourth-order valence-corrected chi connectivity index (χ4v) is 2.79. The zero-order valence-electron chi connectivity index (χ0n) is 15.5. The predicted molar refractivity (Wildman–Crippen MR) is 103 cm³/mol. The number of pyridine rings is 1. The molecule has 0 fully saturated rings. The normalized spacial score (nSPS) is 10.4. The molecule has 138 valence electrons. The summed E-state index contributed by atoms with van der Waals surface area (Å²) in [5, 5.41) is 12.3. The first-order chi connectivity index (χ1) is 12.5. The molecule has 6 nitrogen and oxygen atoms in total. The van der Waals surface area contributed by atoms with E-state index in [0.29, 0.717) is 17.1 Å². The molecule has 1 amide bonds. The lowest BCUT2D eigenvalue weighted by molar-refractivity contribution is 0.0696. The quantitative estimate of drug-likeness (QED) is 0.749. The van der Waals surface area contributed by atoms with E-state index in [-0.39, 0.29) is 11.5 Å². The van der Waals surface area contributed by atoms with Gasteiger partial charge in [0.2, 0.25) is 0 Å². The maximum atomic E-state index is 12.4. The van der Waals surface area contributed by atoms with Crippen LogP contribution >= 0.6 is 0 Å². The maximum Gasteiger partial charge on any atom is 0.339 e. The lowest BCUT2D eigenvalue weighted by Gasteiger charge is -2.24. The Morgan fingerprint density at radius 3 is 2.42 bits per heavy atom. The number of nitrogens with one attached hydrogen (secondary N) is 1. The number of nitrogens with zero attached hydrogens (tertiary/aromatic N) is 2. The molecule has 1 aromatic carbocycles. The summed E-state index contributed by atoms with van der Waals surface area (Å²) in [6, 6.07) is 8.68. The lowest BCUT2D eigenvalue weighted by atomic mass is 10.1. The van der Waals surface area contributed by atoms with Crippen molar-refractivity contribution in [2.75, 3.05) is 23.3 Å². The van der Waals surface area contributed by atoms with Crippen molar-refractivity contribution >= 4 is 23.4 Å². The Morgan fingerprint density at radius 2 is 1.85 bits per heavy atom. The van der Waals surface area contributed by atoms with Crippen LogP contribution in [-0.4, -0.2) is 35.1 Å². The molecule has 0 aliphatic heterocycles. The van der Waals surface area contributed by atoms with Gasteiger partial charge in [0.1, 0.15) is 11.4 Å². The monoisotopic (exact) mass is 355 g/mol. The molecule has 1 aromatic heterocycles. The highest BCUT2D eigenvalue weighted by atomic mass is 16.4. The number of anilines is 2. The molecular formula is C20H25N3O3. The molecule has 2 rings (SSSR count). The van der Waals surface area contributed by atoms with Crippen LogP contribution in [0.1, 0.15) is 53.0 Å². The average Bonchev–Trinajstić information content (AvgIpc) is 2.61. The topological polar surface area (TPSA) is 82.5 Å². The van der Waals surface area contributed by atoms with Gasteiger partial charge in [0.05, 0.1) is 11.9 Å². The average molecular weight is 355 g/mol. The van der Waals surface area contributed by atoms with Crippen LogP contribution in [0.3, 0.4) is 0 Å². The second-order valence-electron chi connectivity index (χ2n) is 6.21. The zero-order chi connectivity index (χ0) is 19.1. The first-order valence-electron chi connectivity index (χ1n) is 8.82. The summed E-state index contributed by atoms with van der Waals surface area (Å²) < 4.78 is 0. The number of carbonyl (C=O) groups excluding carboxylic acids is 1. The third-order valence-corrected chi connectivity index (χ3v) is 3.92. The third-order valence-electron chi connectivity index (χ3n) is 3.92. The van der Waals surface area contributed by atoms with Gasteiger partial charge in [0, 0.05) is 18.7 Å². The van der Waals surface area contributed by atoms with Crippen LogP contribution in [-0.2, 0) is 0 Å². The van der Waals surface area contributed by atoms with Crippen molar-refractivity contribution in [1.29, 1.82) is 0 Å². The van der Waals surface area contributed by atoms with Gasteiger partial charge in [-0.15, -0.1) is 0 Å². The molecule has 0 saturated carbocycles. The number of aromatic nitrogens is 1. The fourth-order valence-electron chi connectivity index (χ4n) is 2.79. The number of hydrogen-bond acceptors (Lipinski definition) is 4. The van der Waals surface area contributed by atoms with Gasteiger partial charge in [-0.2, -0.15) is 0 Å². The van der Waals surface area contributed by atoms with E-state index >= 15 is 0 Å². The molecule has 0 saturated heterocycles. The molecular weight excluding hydrogens is 330 g/mol. The molecule has 2 aromatic rings. The van der Waals surface area contributed by atoms with Gasteiger partial charge in [0.25, 0.3) is 5.91 Å². The third kappa shape index (κ3) is 4.81. The Morgan fingerprint density at radius 1 is 1.15 bits per heavy atom. The minimum absolute atomic E-state index is 0.0916. The highest BCUT2D eigenvalue weighted by molar-refractivity contribution is 6.05. The minimum atomic E-state index is -1.06. The second-order valence-corrected chi connectivity index (χ2v) is 6.21. The van der Waals surface area contributed by atoms with Crippen molar-refractivity contribution in [2.45, 2.75) is 33.6 Å². The van der Waals surface area contributed by atoms with E-state index < -0.39 is 5.97 Å². The molecule has 0 aliphatic carbocycles. The van der Waals surface area contributed by atoms with E-state index in [0.717, 1.165) is 31.5 Å². The van der Waals surface area contributed by atoms with Gasteiger partial charge >= 0.3 is 5.97 Å². The van der Waals surface area contributed by atoms with Crippen LogP contribution in [0.4, 0.5) is 11.5 Å². The number of hydrogen-bond donors (Lipinski definition) is 2. The molecule has 0 aliphatic rings. The van der Waals surface area contributed by atoms with Crippen molar-refractivity contribution in [1.82, 2.24) is 4.98 Å². The van der Waals surface area contributed by atoms with Gasteiger partial charge in [-0.25, -0.2) is 9.78 Å². The standard InChI is InChI=1S/C20H25N3O3/c1-4-9-23(10-5-2)18-17(20(25)26)12-16(13-21-18)22-19(24)15-8-6-7-14(3)11-15/h6-8,11-13H,4-5,9-10H2,1-3H3,(H,22,24)(H,25,26). The van der Waals surface area contributed by atoms with Gasteiger partial charge in [-0.3, -0.25) is 4.79 Å². The number of benzene rings is 1. The summed E-state index contributed by atoms with van der Waals surface area (Å²) in [7, 11) is 0. The van der Waals surface area contributed by atoms with Gasteiger partial charge in [-0.1, -0.05) is 31.5 Å². The van der Waals surface area contributed by atoms with E-state index in [1.54, 1.807) is 12.1 Å². The van der Waals surface area contributed by atoms with Crippen LogP contribution in [0.2, 0.25) is 0 Å². The Kier molecular flexibility index (Phi) is 6.72. The number of amides is 1. The first-order valence-corrected chi connectivity index (χ1v) is 8.82. The van der Waals surface area contributed by atoms with Gasteiger partial charge in [-0.05, 0) is 38.0 Å². The SMILES string of the molecule is CCCN(CCC)c1ncc(NC(=O)c2cccc(C)c2)cc1C(=O)O. The van der Waals surface area contributed by atoms with Crippen molar-refractivity contribution in [3.05, 3.63) is 53.2 Å². The molecule has 26 heavy (non-hydrogen) atoms. The zero-order valence-corrected chi connectivity index (χ0v) is 15.5. The Labute approximate surface area is 153 Å². The molecule has 0 spiro atoms. The number of aryl methyl sites for hydroxylation is 1. The predicted octanol–water partition coefficient (Wildman–Crippen LogP) is 3.97. The summed E-state index contributed by atoms with van der Waals surface area (Å²) in [5.74, 6) is -0.912. The second kappa shape index (κ2) is 8.99. The highest BCUT2D eigenvalue weighted by Crippen LogP contribution is 2.22. The number of rotatable bonds is 8. The van der Waals surface area contributed by atoms with Crippen molar-refractivity contribution in [3.8, 4) is 0 Å². The van der Waals surface area contributed by atoms with Crippen LogP contribution in [0.5, 0.6) is 0 Å². The molecule has 0 unspecified atom stereocenters. The number of carboxylic acids is 1. The summed E-state index contributed by atoms with van der Waals surface area (Å²) in [4.78, 5) is 30.4. The number of aromatic carboxylic acids is 1. The van der Waals surface area contributed by atoms with Crippen LogP contribution < -0.4 is 10.2 Å². The molecule has 0 atom stereocenters. The summed E-state index contributed by atoms with van der Waals surface area (Å²) in [5.41, 5.74) is 1.95. The fraction of sp³-hybridized carbons (Fsp3) is 0.350. The van der Waals surface area contributed by atoms with Crippen molar-refractivity contribution in [3.63, 3.8) is 0 Å². The van der Waals surface area contributed by atoms with Crippen LogP contribution in [0.15, 0.2) is 36.5 Å². The Bertz CT molecular complexity index is 784. The summed E-state index contributed by atoms with van der Waals surface area (Å²) in [6.45, 7) is 7.46. The Hall–Kier alpha value is -2.89. The van der Waals surface area contributed by atoms with E-state index in [2.05, 4.69) is 10.3 Å². The molecule has 2 N–H and O–H groups in total. The van der Waals surface area contributed by atoms with Gasteiger partial charge < -0.3 is 15.3 Å². The summed E-state index contributed by atoms with van der Waals surface area (Å²) in [6.07, 6.45) is 3.30. The summed E-state index contributed by atoms with van der Waals surface area (Å²) >= 11 is 0. The molecule has 6 heteroatoms. The minimum Gasteiger partial charge on any atom is -0.478 e. The maximum absolute atomic E-state index is 12.4. The lowest BCUT2D eigenvalue weighted by Crippen LogP contribution is -2.28. The largest absolute Gasteiger partial charge is 0.478 e. The molecule has 0 bridgehead atoms. The van der Waals surface area contributed by atoms with Crippen LogP contribution in [0.25, 0.3) is 0 Å². The first kappa shape index (κ1) is 19.4.